The normalized spacial score (nSPS) is 12.4. The van der Waals surface area contributed by atoms with Gasteiger partial charge in [0.2, 0.25) is 0 Å². The molecule has 1 aromatic carbocycles. The quantitative estimate of drug-likeness (QED) is 0.869. The minimum absolute atomic E-state index is 0.449. The van der Waals surface area contributed by atoms with E-state index in [9.17, 15) is 5.11 Å². The second-order valence-corrected chi connectivity index (χ2v) is 4.02. The van der Waals surface area contributed by atoms with Crippen LogP contribution in [-0.2, 0) is 13.5 Å². The number of aliphatic hydroxyl groups is 1. The highest BCUT2D eigenvalue weighted by Crippen LogP contribution is 2.20. The van der Waals surface area contributed by atoms with Gasteiger partial charge in [0.15, 0.2) is 0 Å². The Labute approximate surface area is 106 Å². The van der Waals surface area contributed by atoms with Gasteiger partial charge in [-0.05, 0) is 24.6 Å². The molecule has 5 heteroatoms. The molecule has 1 atom stereocenters. The zero-order chi connectivity index (χ0) is 13.0. The third-order valence-corrected chi connectivity index (χ3v) is 2.76. The molecule has 0 saturated carbocycles. The van der Waals surface area contributed by atoms with Crippen LogP contribution in [0.25, 0.3) is 0 Å². The van der Waals surface area contributed by atoms with E-state index in [0.717, 1.165) is 17.1 Å². The molecule has 0 radical (unpaired) electrons. The first kappa shape index (κ1) is 12.6. The molecule has 1 unspecified atom stereocenters. The summed E-state index contributed by atoms with van der Waals surface area (Å²) < 4.78 is 7.02. The van der Waals surface area contributed by atoms with Crippen LogP contribution in [0.4, 0.5) is 0 Å². The lowest BCUT2D eigenvalue weighted by molar-refractivity contribution is 0.174. The summed E-state index contributed by atoms with van der Waals surface area (Å²) in [6, 6.07) is 7.45. The van der Waals surface area contributed by atoms with Crippen molar-refractivity contribution in [2.75, 3.05) is 6.61 Å². The second kappa shape index (κ2) is 5.64. The minimum Gasteiger partial charge on any atom is -0.494 e. The van der Waals surface area contributed by atoms with Gasteiger partial charge in [0.05, 0.1) is 12.7 Å². The molecule has 0 aliphatic heterocycles. The number of hydrogen-bond acceptors (Lipinski definition) is 4. The van der Waals surface area contributed by atoms with E-state index in [1.165, 1.54) is 6.33 Å². The van der Waals surface area contributed by atoms with E-state index in [1.807, 2.05) is 38.2 Å². The Morgan fingerprint density at radius 1 is 1.33 bits per heavy atom. The molecule has 0 saturated heterocycles. The lowest BCUT2D eigenvalue weighted by atomic mass is 10.1. The van der Waals surface area contributed by atoms with Crippen molar-refractivity contribution < 1.29 is 9.84 Å². The van der Waals surface area contributed by atoms with Crippen LogP contribution in [0, 0.1) is 0 Å². The Bertz CT molecular complexity index is 493. The molecule has 0 bridgehead atoms. The summed E-state index contributed by atoms with van der Waals surface area (Å²) in [5, 5.41) is 14.1. The summed E-state index contributed by atoms with van der Waals surface area (Å²) in [6.07, 6.45) is 1.36. The number of hydrogen-bond donors (Lipinski definition) is 1. The van der Waals surface area contributed by atoms with Gasteiger partial charge < -0.3 is 9.84 Å². The summed E-state index contributed by atoms with van der Waals surface area (Å²) in [4.78, 5) is 4.10. The molecule has 18 heavy (non-hydrogen) atoms. The zero-order valence-corrected chi connectivity index (χ0v) is 10.6. The van der Waals surface area contributed by atoms with Crippen molar-refractivity contribution in [3.05, 3.63) is 42.0 Å². The number of aryl methyl sites for hydroxylation is 1. The lowest BCUT2D eigenvalue weighted by Crippen LogP contribution is -2.07. The Morgan fingerprint density at radius 3 is 2.61 bits per heavy atom. The first-order valence-corrected chi connectivity index (χ1v) is 5.94. The number of aromatic nitrogens is 3. The van der Waals surface area contributed by atoms with Crippen LogP contribution in [-0.4, -0.2) is 26.5 Å². The van der Waals surface area contributed by atoms with Gasteiger partial charge in [-0.25, -0.2) is 4.98 Å². The van der Waals surface area contributed by atoms with Crippen LogP contribution in [0.15, 0.2) is 30.6 Å². The molecular formula is C13H17N3O2. The van der Waals surface area contributed by atoms with E-state index in [1.54, 1.807) is 4.68 Å². The van der Waals surface area contributed by atoms with Gasteiger partial charge in [0, 0.05) is 13.5 Å². The largest absolute Gasteiger partial charge is 0.494 e. The smallest absolute Gasteiger partial charge is 0.138 e. The van der Waals surface area contributed by atoms with Gasteiger partial charge in [-0.2, -0.15) is 5.10 Å². The summed E-state index contributed by atoms with van der Waals surface area (Å²) in [6.45, 7) is 2.58. The van der Waals surface area contributed by atoms with Crippen molar-refractivity contribution in [2.24, 2.45) is 7.05 Å². The molecule has 0 aliphatic carbocycles. The monoisotopic (exact) mass is 247 g/mol. The number of nitrogens with zero attached hydrogens (tertiary/aromatic N) is 3. The molecule has 5 nitrogen and oxygen atoms in total. The lowest BCUT2D eigenvalue weighted by Gasteiger charge is -2.11. The van der Waals surface area contributed by atoms with Crippen molar-refractivity contribution in [3.63, 3.8) is 0 Å². The van der Waals surface area contributed by atoms with E-state index < -0.39 is 6.10 Å². The maximum atomic E-state index is 10.1. The highest BCUT2D eigenvalue weighted by Gasteiger charge is 2.12. The summed E-state index contributed by atoms with van der Waals surface area (Å²) in [7, 11) is 1.81. The van der Waals surface area contributed by atoms with Crippen molar-refractivity contribution in [1.29, 1.82) is 0 Å². The number of rotatable bonds is 5. The van der Waals surface area contributed by atoms with Crippen LogP contribution >= 0.6 is 0 Å². The van der Waals surface area contributed by atoms with E-state index in [-0.39, 0.29) is 0 Å². The van der Waals surface area contributed by atoms with E-state index >= 15 is 0 Å². The predicted octanol–water partition coefficient (Wildman–Crippen LogP) is 1.49. The Morgan fingerprint density at radius 2 is 2.06 bits per heavy atom. The van der Waals surface area contributed by atoms with Gasteiger partial charge in [-0.1, -0.05) is 12.1 Å². The average molecular weight is 247 g/mol. The number of ether oxygens (including phenoxy) is 1. The third-order valence-electron chi connectivity index (χ3n) is 2.76. The fourth-order valence-corrected chi connectivity index (χ4v) is 1.75. The molecule has 0 amide bonds. The molecule has 0 spiro atoms. The van der Waals surface area contributed by atoms with Gasteiger partial charge in [0.25, 0.3) is 0 Å². The zero-order valence-electron chi connectivity index (χ0n) is 10.6. The maximum Gasteiger partial charge on any atom is 0.138 e. The van der Waals surface area contributed by atoms with Crippen LogP contribution in [0.1, 0.15) is 24.4 Å². The van der Waals surface area contributed by atoms with E-state index in [4.69, 9.17) is 4.74 Å². The predicted molar refractivity (Wildman–Crippen MR) is 67.3 cm³/mol. The molecule has 0 fully saturated rings. The second-order valence-electron chi connectivity index (χ2n) is 4.02. The summed E-state index contributed by atoms with van der Waals surface area (Å²) >= 11 is 0. The molecule has 0 aliphatic rings. The van der Waals surface area contributed by atoms with Crippen LogP contribution in [0.5, 0.6) is 5.75 Å². The van der Waals surface area contributed by atoms with E-state index in [2.05, 4.69) is 10.1 Å². The molecule has 96 valence electrons. The fourth-order valence-electron chi connectivity index (χ4n) is 1.75. The minimum atomic E-state index is -0.580. The standard InChI is InChI=1S/C13H17N3O2/c1-3-18-11-6-4-10(5-7-11)12(17)8-13-14-9-15-16(13)2/h4-7,9,12,17H,3,8H2,1-2H3. The fraction of sp³-hybridized carbons (Fsp3) is 0.385. The van der Waals surface area contributed by atoms with Crippen molar-refractivity contribution in [1.82, 2.24) is 14.8 Å². The Balaban J connectivity index is 2.04. The summed E-state index contributed by atoms with van der Waals surface area (Å²) in [5.74, 6) is 1.57. The number of aliphatic hydroxyl groups excluding tert-OH is 1. The summed E-state index contributed by atoms with van der Waals surface area (Å²) in [5.41, 5.74) is 0.849. The van der Waals surface area contributed by atoms with Gasteiger partial charge in [-0.3, -0.25) is 4.68 Å². The van der Waals surface area contributed by atoms with Crippen LogP contribution in [0.2, 0.25) is 0 Å². The Hall–Kier alpha value is -1.88. The Kier molecular flexibility index (Phi) is 3.94. The maximum absolute atomic E-state index is 10.1. The highest BCUT2D eigenvalue weighted by molar-refractivity contribution is 5.28. The SMILES string of the molecule is CCOc1ccc(C(O)Cc2ncnn2C)cc1. The molecule has 1 heterocycles. The first-order chi connectivity index (χ1) is 8.70. The molecule has 2 rings (SSSR count). The van der Waals surface area contributed by atoms with Crippen molar-refractivity contribution in [3.8, 4) is 5.75 Å². The molecule has 1 N–H and O–H groups in total. The van der Waals surface area contributed by atoms with E-state index in [0.29, 0.717) is 13.0 Å². The average Bonchev–Trinajstić information content (AvgIpc) is 2.76. The molecule has 1 aromatic heterocycles. The highest BCUT2D eigenvalue weighted by atomic mass is 16.5. The van der Waals surface area contributed by atoms with Gasteiger partial charge >= 0.3 is 0 Å². The third kappa shape index (κ3) is 2.87. The first-order valence-electron chi connectivity index (χ1n) is 5.94. The molecule has 2 aromatic rings. The van der Waals surface area contributed by atoms with Crippen LogP contribution in [0.3, 0.4) is 0 Å². The topological polar surface area (TPSA) is 60.2 Å². The van der Waals surface area contributed by atoms with Gasteiger partial charge in [-0.15, -0.1) is 0 Å². The molecular weight excluding hydrogens is 230 g/mol. The number of benzene rings is 1. The van der Waals surface area contributed by atoms with Crippen molar-refractivity contribution in [2.45, 2.75) is 19.4 Å². The van der Waals surface area contributed by atoms with Gasteiger partial charge in [0.1, 0.15) is 17.9 Å². The van der Waals surface area contributed by atoms with Crippen LogP contribution < -0.4 is 4.74 Å². The van der Waals surface area contributed by atoms with Crippen molar-refractivity contribution >= 4 is 0 Å².